The molecule has 0 aliphatic heterocycles. The van der Waals surface area contributed by atoms with Crippen molar-refractivity contribution in [3.05, 3.63) is 0 Å². The van der Waals surface area contributed by atoms with Gasteiger partial charge in [0.2, 0.25) is 0 Å². The van der Waals surface area contributed by atoms with Crippen molar-refractivity contribution < 1.29 is 48.7 Å². The minimum absolute atomic E-state index is 0.0713. The number of amides is 1. The van der Waals surface area contributed by atoms with Gasteiger partial charge >= 0.3 is 24.6 Å². The fraction of sp³-hybridized carbons (Fsp3) is 0.875. The molecular formula is C8H10F10N2OSi. The molecule has 132 valence electrons. The average Bonchev–Trinajstić information content (AvgIpc) is 2.23. The summed E-state index contributed by atoms with van der Waals surface area (Å²) in [6.45, 7) is -0.577. The van der Waals surface area contributed by atoms with E-state index in [9.17, 15) is 48.7 Å². The molecule has 0 bridgehead atoms. The fourth-order valence-corrected chi connectivity index (χ4v) is 1.58. The van der Waals surface area contributed by atoms with Gasteiger partial charge in [0.15, 0.2) is 0 Å². The molecule has 0 aromatic rings. The lowest BCUT2D eigenvalue weighted by Crippen LogP contribution is -2.68. The van der Waals surface area contributed by atoms with Crippen LogP contribution >= 0.6 is 0 Å². The van der Waals surface area contributed by atoms with Crippen LogP contribution in [0.15, 0.2) is 0 Å². The van der Waals surface area contributed by atoms with Gasteiger partial charge in [0.25, 0.3) is 5.91 Å². The summed E-state index contributed by atoms with van der Waals surface area (Å²) in [5.41, 5.74) is 0. The molecule has 0 spiro atoms. The maximum Gasteiger partial charge on any atom is 0.472 e. The fourth-order valence-electron chi connectivity index (χ4n) is 1.23. The highest BCUT2D eigenvalue weighted by Crippen LogP contribution is 2.48. The van der Waals surface area contributed by atoms with Crippen molar-refractivity contribution >= 4 is 16.1 Å². The Balaban J connectivity index is 5.59. The number of hydrogen-bond acceptors (Lipinski definition) is 2. The van der Waals surface area contributed by atoms with E-state index in [1.54, 1.807) is 0 Å². The van der Waals surface area contributed by atoms with Crippen LogP contribution in [0.1, 0.15) is 6.42 Å². The van der Waals surface area contributed by atoms with E-state index in [-0.39, 0.29) is 6.42 Å². The topological polar surface area (TPSA) is 32.3 Å². The Morgan fingerprint density at radius 2 is 1.32 bits per heavy atom. The Hall–Kier alpha value is -1.05. The molecule has 14 heteroatoms. The van der Waals surface area contributed by atoms with Gasteiger partial charge in [-0.2, -0.15) is 43.9 Å². The van der Waals surface area contributed by atoms with Gasteiger partial charge in [-0.15, -0.1) is 0 Å². The Morgan fingerprint density at radius 1 is 0.909 bits per heavy atom. The molecule has 3 nitrogen and oxygen atoms in total. The molecule has 0 unspecified atom stereocenters. The van der Waals surface area contributed by atoms with Gasteiger partial charge in [-0.25, -0.2) is 0 Å². The molecule has 0 rings (SSSR count). The normalized spacial score (nSPS) is 14.5. The van der Waals surface area contributed by atoms with E-state index in [0.29, 0.717) is 16.3 Å². The minimum atomic E-state index is -6.87. The van der Waals surface area contributed by atoms with E-state index in [0.717, 1.165) is 0 Å². The molecule has 1 N–H and O–H groups in total. The highest BCUT2D eigenvalue weighted by atomic mass is 28.1. The first kappa shape index (κ1) is 20.9. The lowest BCUT2D eigenvalue weighted by atomic mass is 10.2. The predicted octanol–water partition coefficient (Wildman–Crippen LogP) is 1.85. The van der Waals surface area contributed by atoms with E-state index in [1.807, 2.05) is 0 Å². The van der Waals surface area contributed by atoms with Crippen LogP contribution in [0.3, 0.4) is 0 Å². The quantitative estimate of drug-likeness (QED) is 0.336. The first-order chi connectivity index (χ1) is 9.60. The zero-order chi connectivity index (χ0) is 18.0. The van der Waals surface area contributed by atoms with Gasteiger partial charge < -0.3 is 5.32 Å². The predicted molar refractivity (Wildman–Crippen MR) is 56.2 cm³/mol. The van der Waals surface area contributed by atoms with E-state index in [2.05, 4.69) is 0 Å². The van der Waals surface area contributed by atoms with Gasteiger partial charge in [0, 0.05) is 16.8 Å². The highest BCUT2D eigenvalue weighted by Gasteiger charge is 2.77. The molecule has 0 saturated heterocycles. The van der Waals surface area contributed by atoms with Crippen LogP contribution in [-0.2, 0) is 4.79 Å². The standard InChI is InChI=1S/C8H10F10N2OSi/c9-5(10,4(21)19-2-1-3-22)6(11,12)20(7(13,14)15)8(16,17)18/h1-3H2,22H3,(H,19,21). The Morgan fingerprint density at radius 3 is 1.64 bits per heavy atom. The number of carbonyl (C=O) groups excluding carboxylic acids is 1. The third-order valence-electron chi connectivity index (χ3n) is 2.27. The number of alkyl halides is 10. The monoisotopic (exact) mass is 368 g/mol. The Labute approximate surface area is 120 Å². The van der Waals surface area contributed by atoms with Crippen LogP contribution in [0.5, 0.6) is 0 Å². The van der Waals surface area contributed by atoms with E-state index in [4.69, 9.17) is 0 Å². The summed E-state index contributed by atoms with van der Waals surface area (Å²) in [5.74, 6) is -9.17. The Kier molecular flexibility index (Phi) is 6.28. The van der Waals surface area contributed by atoms with Crippen molar-refractivity contribution in [1.82, 2.24) is 10.2 Å². The molecule has 0 heterocycles. The minimum Gasteiger partial charge on any atom is -0.351 e. The maximum atomic E-state index is 13.1. The third-order valence-corrected chi connectivity index (χ3v) is 2.97. The molecule has 0 aromatic carbocycles. The molecular weight excluding hydrogens is 358 g/mol. The molecule has 0 aliphatic rings. The zero-order valence-corrected chi connectivity index (χ0v) is 12.8. The van der Waals surface area contributed by atoms with Gasteiger partial charge in [0.1, 0.15) is 0 Å². The van der Waals surface area contributed by atoms with Crippen LogP contribution in [-0.4, -0.2) is 52.2 Å². The largest absolute Gasteiger partial charge is 0.472 e. The van der Waals surface area contributed by atoms with Crippen LogP contribution in [0.2, 0.25) is 6.04 Å². The van der Waals surface area contributed by atoms with Crippen molar-refractivity contribution in [2.45, 2.75) is 37.0 Å². The van der Waals surface area contributed by atoms with E-state index in [1.165, 1.54) is 5.32 Å². The van der Waals surface area contributed by atoms with Crippen molar-refractivity contribution in [1.29, 1.82) is 0 Å². The first-order valence-corrected chi connectivity index (χ1v) is 6.99. The molecule has 0 atom stereocenters. The second-order valence-electron chi connectivity index (χ2n) is 4.00. The molecule has 22 heavy (non-hydrogen) atoms. The van der Waals surface area contributed by atoms with Gasteiger partial charge in [-0.3, -0.25) is 4.79 Å². The lowest BCUT2D eigenvalue weighted by molar-refractivity contribution is -0.463. The van der Waals surface area contributed by atoms with Crippen LogP contribution in [0.25, 0.3) is 0 Å². The van der Waals surface area contributed by atoms with Gasteiger partial charge in [-0.05, 0) is 6.42 Å². The molecule has 1 amide bonds. The third kappa shape index (κ3) is 4.47. The van der Waals surface area contributed by atoms with Gasteiger partial charge in [0.05, 0.1) is 0 Å². The van der Waals surface area contributed by atoms with Crippen LogP contribution in [0, 0.1) is 0 Å². The smallest absolute Gasteiger partial charge is 0.351 e. The molecule has 0 saturated carbocycles. The number of hydrogen-bond donors (Lipinski definition) is 1. The van der Waals surface area contributed by atoms with Gasteiger partial charge in [-0.1, -0.05) is 10.9 Å². The number of nitrogens with one attached hydrogen (secondary N) is 1. The van der Waals surface area contributed by atoms with Crippen molar-refractivity contribution in [2.24, 2.45) is 0 Å². The summed E-state index contributed by atoms with van der Waals surface area (Å²) in [6, 6.07) is -6.41. The molecule has 0 aromatic heterocycles. The maximum absolute atomic E-state index is 13.1. The summed E-state index contributed by atoms with van der Waals surface area (Å²) in [4.78, 5) is 7.26. The number of carbonyl (C=O) groups is 1. The summed E-state index contributed by atoms with van der Waals surface area (Å²) in [7, 11) is 0.571. The Bertz CT molecular complexity index is 379. The first-order valence-electron chi connectivity index (χ1n) is 5.58. The summed E-state index contributed by atoms with van der Waals surface area (Å²) in [5, 5.41) is 1.18. The van der Waals surface area contributed by atoms with Crippen molar-refractivity contribution in [2.75, 3.05) is 6.54 Å². The van der Waals surface area contributed by atoms with E-state index >= 15 is 0 Å². The molecule has 0 fully saturated rings. The second-order valence-corrected chi connectivity index (χ2v) is 5.00. The van der Waals surface area contributed by atoms with Crippen molar-refractivity contribution in [3.63, 3.8) is 0 Å². The number of rotatable bonds is 6. The summed E-state index contributed by atoms with van der Waals surface area (Å²) >= 11 is 0. The lowest BCUT2D eigenvalue weighted by Gasteiger charge is -2.36. The SMILES string of the molecule is O=C(NCCC[SiH3])C(F)(F)C(F)(F)N(C(F)(F)F)C(F)(F)F. The van der Waals surface area contributed by atoms with Crippen molar-refractivity contribution in [3.8, 4) is 0 Å². The van der Waals surface area contributed by atoms with Crippen LogP contribution in [0.4, 0.5) is 43.9 Å². The van der Waals surface area contributed by atoms with Crippen LogP contribution < -0.4 is 5.32 Å². The second kappa shape index (κ2) is 6.60. The average molecular weight is 368 g/mol. The summed E-state index contributed by atoms with van der Waals surface area (Å²) in [6.07, 6.45) is -13.7. The highest BCUT2D eigenvalue weighted by molar-refractivity contribution is 6.08. The zero-order valence-electron chi connectivity index (χ0n) is 10.8. The summed E-state index contributed by atoms with van der Waals surface area (Å²) < 4.78 is 125. The number of halogens is 10. The molecule has 0 aliphatic carbocycles. The van der Waals surface area contributed by atoms with E-state index < -0.39 is 41.9 Å². The number of nitrogens with zero attached hydrogens (tertiary/aromatic N) is 1. The molecule has 0 radical (unpaired) electrons.